The lowest BCUT2D eigenvalue weighted by atomic mass is 10.1. The Hall–Kier alpha value is -0.730. The van der Waals surface area contributed by atoms with Crippen molar-refractivity contribution in [2.75, 3.05) is 0 Å². The molecule has 17 heavy (non-hydrogen) atoms. The van der Waals surface area contributed by atoms with Gasteiger partial charge >= 0.3 is 0 Å². The summed E-state index contributed by atoms with van der Waals surface area (Å²) in [5, 5.41) is 9.61. The van der Waals surface area contributed by atoms with Crippen LogP contribution in [-0.4, -0.2) is 11.2 Å². The zero-order valence-corrected chi connectivity index (χ0v) is 10.7. The highest BCUT2D eigenvalue weighted by Gasteiger charge is 2.15. The highest BCUT2D eigenvalue weighted by atomic mass is 35.5. The van der Waals surface area contributed by atoms with Crippen LogP contribution in [0, 0.1) is 0 Å². The number of rotatable bonds is 3. The van der Waals surface area contributed by atoms with Crippen LogP contribution in [0.5, 0.6) is 5.75 Å². The summed E-state index contributed by atoms with van der Waals surface area (Å²) in [5.41, 5.74) is 0.822. The zero-order valence-electron chi connectivity index (χ0n) is 9.99. The zero-order chi connectivity index (χ0) is 12.1. The minimum atomic E-state index is 0.0173. The van der Waals surface area contributed by atoms with Gasteiger partial charge in [-0.2, -0.15) is 0 Å². The van der Waals surface area contributed by atoms with Crippen LogP contribution in [0.2, 0.25) is 5.02 Å². The van der Waals surface area contributed by atoms with E-state index in [9.17, 15) is 0 Å². The largest absolute Gasteiger partial charge is 0.489 e. The first-order valence-electron chi connectivity index (χ1n) is 6.35. The highest BCUT2D eigenvalue weighted by molar-refractivity contribution is 6.32. The van der Waals surface area contributed by atoms with Crippen LogP contribution in [0.3, 0.4) is 0 Å². The van der Waals surface area contributed by atoms with E-state index in [-0.39, 0.29) is 6.61 Å². The molecule has 0 unspecified atom stereocenters. The van der Waals surface area contributed by atoms with Crippen LogP contribution >= 0.6 is 11.6 Å². The van der Waals surface area contributed by atoms with Crippen molar-refractivity contribution >= 4 is 11.6 Å². The van der Waals surface area contributed by atoms with Crippen molar-refractivity contribution < 1.29 is 9.84 Å². The number of ether oxygens (including phenoxy) is 1. The molecule has 1 aliphatic carbocycles. The van der Waals surface area contributed by atoms with E-state index in [0.29, 0.717) is 11.1 Å². The Morgan fingerprint density at radius 1 is 1.18 bits per heavy atom. The first-order chi connectivity index (χ1) is 8.29. The van der Waals surface area contributed by atoms with E-state index in [0.717, 1.165) is 24.2 Å². The van der Waals surface area contributed by atoms with Gasteiger partial charge in [0.2, 0.25) is 0 Å². The molecule has 94 valence electrons. The van der Waals surface area contributed by atoms with E-state index < -0.39 is 0 Å². The fraction of sp³-hybridized carbons (Fsp3) is 0.571. The first-order valence-corrected chi connectivity index (χ1v) is 6.73. The molecule has 0 bridgehead atoms. The minimum absolute atomic E-state index is 0.0173. The summed E-state index contributed by atoms with van der Waals surface area (Å²) in [6.45, 7) is 0.0173. The lowest BCUT2D eigenvalue weighted by Crippen LogP contribution is -2.15. The molecule has 1 aromatic rings. The number of aliphatic hydroxyl groups excluding tert-OH is 1. The summed E-state index contributed by atoms with van der Waals surface area (Å²) in [5.74, 6) is 0.746. The van der Waals surface area contributed by atoms with Gasteiger partial charge in [0.05, 0.1) is 17.7 Å². The quantitative estimate of drug-likeness (QED) is 0.828. The van der Waals surface area contributed by atoms with Crippen molar-refractivity contribution in [1.29, 1.82) is 0 Å². The second-order valence-electron chi connectivity index (χ2n) is 4.65. The van der Waals surface area contributed by atoms with Crippen molar-refractivity contribution in [1.82, 2.24) is 0 Å². The fourth-order valence-corrected chi connectivity index (χ4v) is 2.53. The Bertz CT molecular complexity index is 357. The van der Waals surface area contributed by atoms with Gasteiger partial charge in [-0.1, -0.05) is 30.5 Å². The molecule has 0 heterocycles. The standard InChI is InChI=1S/C14H19ClO2/c15-13-9-11(10-16)7-8-14(13)17-12-5-3-1-2-4-6-12/h7-9,12,16H,1-6,10H2. The first kappa shape index (κ1) is 12.7. The van der Waals surface area contributed by atoms with Gasteiger partial charge in [0.25, 0.3) is 0 Å². The van der Waals surface area contributed by atoms with Crippen LogP contribution in [0.25, 0.3) is 0 Å². The Labute approximate surface area is 108 Å². The summed E-state index contributed by atoms with van der Waals surface area (Å²) in [6.07, 6.45) is 7.67. The number of hydrogen-bond donors (Lipinski definition) is 1. The second kappa shape index (κ2) is 6.27. The van der Waals surface area contributed by atoms with Gasteiger partial charge in [0, 0.05) is 0 Å². The predicted octanol–water partition coefficient (Wildman–Crippen LogP) is 3.93. The molecular weight excluding hydrogens is 236 g/mol. The van der Waals surface area contributed by atoms with Crippen molar-refractivity contribution in [3.63, 3.8) is 0 Å². The third-order valence-electron chi connectivity index (χ3n) is 3.27. The number of hydrogen-bond acceptors (Lipinski definition) is 2. The molecule has 0 aliphatic heterocycles. The van der Waals surface area contributed by atoms with Crippen LogP contribution in [0.15, 0.2) is 18.2 Å². The summed E-state index contributed by atoms with van der Waals surface area (Å²) in [7, 11) is 0. The third kappa shape index (κ3) is 3.62. The molecule has 1 fully saturated rings. The monoisotopic (exact) mass is 254 g/mol. The minimum Gasteiger partial charge on any atom is -0.489 e. The fourth-order valence-electron chi connectivity index (χ4n) is 2.28. The smallest absolute Gasteiger partial charge is 0.138 e. The Kier molecular flexibility index (Phi) is 4.69. The average molecular weight is 255 g/mol. The molecule has 0 spiro atoms. The Morgan fingerprint density at radius 3 is 2.47 bits per heavy atom. The van der Waals surface area contributed by atoms with E-state index in [2.05, 4.69) is 0 Å². The van der Waals surface area contributed by atoms with Gasteiger partial charge in [-0.25, -0.2) is 0 Å². The van der Waals surface area contributed by atoms with E-state index in [4.69, 9.17) is 21.4 Å². The van der Waals surface area contributed by atoms with Crippen LogP contribution in [-0.2, 0) is 6.61 Å². The van der Waals surface area contributed by atoms with E-state index >= 15 is 0 Å². The van der Waals surface area contributed by atoms with Gasteiger partial charge in [-0.3, -0.25) is 0 Å². The molecule has 3 heteroatoms. The van der Waals surface area contributed by atoms with Crippen molar-refractivity contribution in [3.8, 4) is 5.75 Å². The van der Waals surface area contributed by atoms with Crippen molar-refractivity contribution in [3.05, 3.63) is 28.8 Å². The molecule has 1 aromatic carbocycles. The Morgan fingerprint density at radius 2 is 1.88 bits per heavy atom. The molecular formula is C14H19ClO2. The average Bonchev–Trinajstić information content (AvgIpc) is 2.60. The predicted molar refractivity (Wildman–Crippen MR) is 69.5 cm³/mol. The van der Waals surface area contributed by atoms with Gasteiger partial charge in [0.1, 0.15) is 5.75 Å². The van der Waals surface area contributed by atoms with Gasteiger partial charge in [-0.05, 0) is 43.4 Å². The van der Waals surface area contributed by atoms with E-state index in [1.165, 1.54) is 25.7 Å². The van der Waals surface area contributed by atoms with Gasteiger partial charge in [-0.15, -0.1) is 0 Å². The van der Waals surface area contributed by atoms with Gasteiger partial charge < -0.3 is 9.84 Å². The maximum atomic E-state index is 9.01. The van der Waals surface area contributed by atoms with E-state index in [1.807, 2.05) is 12.1 Å². The SMILES string of the molecule is OCc1ccc(OC2CCCCCC2)c(Cl)c1. The lowest BCUT2D eigenvalue weighted by molar-refractivity contribution is 0.183. The Balaban J connectivity index is 2.01. The highest BCUT2D eigenvalue weighted by Crippen LogP contribution is 2.29. The second-order valence-corrected chi connectivity index (χ2v) is 5.06. The molecule has 0 radical (unpaired) electrons. The molecule has 1 N–H and O–H groups in total. The van der Waals surface area contributed by atoms with Crippen molar-refractivity contribution in [2.24, 2.45) is 0 Å². The summed E-state index contributed by atoms with van der Waals surface area (Å²) >= 11 is 6.13. The van der Waals surface area contributed by atoms with Crippen LogP contribution < -0.4 is 4.74 Å². The number of aliphatic hydroxyl groups is 1. The summed E-state index contributed by atoms with van der Waals surface area (Å²) < 4.78 is 5.95. The van der Waals surface area contributed by atoms with Crippen LogP contribution in [0.4, 0.5) is 0 Å². The number of halogens is 1. The van der Waals surface area contributed by atoms with Crippen molar-refractivity contribution in [2.45, 2.75) is 51.2 Å². The van der Waals surface area contributed by atoms with Crippen LogP contribution in [0.1, 0.15) is 44.1 Å². The summed E-state index contributed by atoms with van der Waals surface area (Å²) in [6, 6.07) is 5.49. The maximum Gasteiger partial charge on any atom is 0.138 e. The lowest BCUT2D eigenvalue weighted by Gasteiger charge is -2.18. The molecule has 0 atom stereocenters. The molecule has 0 aromatic heterocycles. The topological polar surface area (TPSA) is 29.5 Å². The third-order valence-corrected chi connectivity index (χ3v) is 3.57. The molecule has 1 aliphatic rings. The normalized spacial score (nSPS) is 17.8. The van der Waals surface area contributed by atoms with E-state index in [1.54, 1.807) is 6.07 Å². The molecule has 1 saturated carbocycles. The van der Waals surface area contributed by atoms with Gasteiger partial charge in [0.15, 0.2) is 0 Å². The summed E-state index contributed by atoms with van der Waals surface area (Å²) in [4.78, 5) is 0. The molecule has 0 saturated heterocycles. The molecule has 2 rings (SSSR count). The molecule has 2 nitrogen and oxygen atoms in total. The molecule has 0 amide bonds. The number of benzene rings is 1. The maximum absolute atomic E-state index is 9.01.